The fraction of sp³-hybridized carbons (Fsp3) is 0.417. The first-order chi connectivity index (χ1) is 8.90. The SMILES string of the molecule is CNC(C)CNC(=O)c1ccc(S(=O)(=O)NC)cc1.Cl. The minimum atomic E-state index is -3.46. The predicted octanol–water partition coefficient (Wildman–Crippen LogP) is 0.354. The van der Waals surface area contributed by atoms with E-state index in [1.54, 1.807) is 0 Å². The van der Waals surface area contributed by atoms with Gasteiger partial charge in [-0.1, -0.05) is 0 Å². The van der Waals surface area contributed by atoms with Crippen LogP contribution in [0.4, 0.5) is 0 Å². The lowest BCUT2D eigenvalue weighted by atomic mass is 10.2. The molecule has 0 aromatic heterocycles. The Bertz CT molecular complexity index is 531. The van der Waals surface area contributed by atoms with Crippen LogP contribution in [0.2, 0.25) is 0 Å². The third-order valence-electron chi connectivity index (χ3n) is 2.76. The van der Waals surface area contributed by atoms with Crippen LogP contribution in [0.3, 0.4) is 0 Å². The number of halogens is 1. The molecule has 0 fully saturated rings. The summed E-state index contributed by atoms with van der Waals surface area (Å²) in [7, 11) is -0.306. The van der Waals surface area contributed by atoms with Crippen LogP contribution in [0.15, 0.2) is 29.2 Å². The highest BCUT2D eigenvalue weighted by molar-refractivity contribution is 7.89. The summed E-state index contributed by atoms with van der Waals surface area (Å²) in [4.78, 5) is 11.9. The second-order valence-corrected chi connectivity index (χ2v) is 6.02. The number of benzene rings is 1. The van der Waals surface area contributed by atoms with Gasteiger partial charge in [-0.15, -0.1) is 12.4 Å². The Kier molecular flexibility index (Phi) is 7.74. The first-order valence-corrected chi connectivity index (χ1v) is 7.38. The number of carbonyl (C=O) groups excluding carboxylic acids is 1. The highest BCUT2D eigenvalue weighted by Crippen LogP contribution is 2.09. The van der Waals surface area contributed by atoms with Gasteiger partial charge in [0.15, 0.2) is 0 Å². The van der Waals surface area contributed by atoms with Gasteiger partial charge in [0.2, 0.25) is 10.0 Å². The van der Waals surface area contributed by atoms with E-state index in [2.05, 4.69) is 15.4 Å². The molecule has 1 aromatic carbocycles. The second-order valence-electron chi connectivity index (χ2n) is 4.13. The van der Waals surface area contributed by atoms with Crippen molar-refractivity contribution in [3.63, 3.8) is 0 Å². The number of nitrogens with one attached hydrogen (secondary N) is 3. The molecule has 1 unspecified atom stereocenters. The van der Waals surface area contributed by atoms with Crippen molar-refractivity contribution in [2.75, 3.05) is 20.6 Å². The molecule has 0 saturated heterocycles. The van der Waals surface area contributed by atoms with Crippen molar-refractivity contribution in [3.05, 3.63) is 29.8 Å². The minimum Gasteiger partial charge on any atom is -0.350 e. The Morgan fingerprint density at radius 3 is 2.20 bits per heavy atom. The molecule has 6 nitrogen and oxygen atoms in total. The monoisotopic (exact) mass is 321 g/mol. The molecule has 0 heterocycles. The lowest BCUT2D eigenvalue weighted by Crippen LogP contribution is -2.37. The van der Waals surface area contributed by atoms with Crippen molar-refractivity contribution in [3.8, 4) is 0 Å². The van der Waals surface area contributed by atoms with Crippen LogP contribution in [-0.4, -0.2) is 41.0 Å². The molecule has 20 heavy (non-hydrogen) atoms. The third kappa shape index (κ3) is 5.09. The number of amides is 1. The molecule has 0 bridgehead atoms. The molecule has 1 aromatic rings. The molecule has 0 aliphatic heterocycles. The van der Waals surface area contributed by atoms with E-state index in [-0.39, 0.29) is 29.3 Å². The Morgan fingerprint density at radius 2 is 1.75 bits per heavy atom. The summed E-state index contributed by atoms with van der Waals surface area (Å²) >= 11 is 0. The smallest absolute Gasteiger partial charge is 0.251 e. The number of hydrogen-bond donors (Lipinski definition) is 3. The summed E-state index contributed by atoms with van der Waals surface area (Å²) in [5, 5.41) is 5.76. The number of rotatable bonds is 6. The fourth-order valence-corrected chi connectivity index (χ4v) is 2.08. The number of likely N-dealkylation sites (N-methyl/N-ethyl adjacent to an activating group) is 1. The van der Waals surface area contributed by atoms with E-state index in [9.17, 15) is 13.2 Å². The Morgan fingerprint density at radius 1 is 1.20 bits per heavy atom. The first kappa shape index (κ1) is 18.9. The quantitative estimate of drug-likeness (QED) is 0.706. The molecule has 0 radical (unpaired) electrons. The van der Waals surface area contributed by atoms with Crippen LogP contribution in [0.1, 0.15) is 17.3 Å². The zero-order valence-corrected chi connectivity index (χ0v) is 13.3. The molecule has 8 heteroatoms. The highest BCUT2D eigenvalue weighted by atomic mass is 35.5. The molecule has 1 rings (SSSR count). The van der Waals surface area contributed by atoms with Crippen LogP contribution in [0, 0.1) is 0 Å². The standard InChI is InChI=1S/C12H19N3O3S.ClH/c1-9(13-2)8-15-12(16)10-4-6-11(7-5-10)19(17,18)14-3;/h4-7,9,13-14H,8H2,1-3H3,(H,15,16);1H. The summed E-state index contributed by atoms with van der Waals surface area (Å²) in [5.74, 6) is -0.226. The van der Waals surface area contributed by atoms with E-state index in [4.69, 9.17) is 0 Å². The van der Waals surface area contributed by atoms with Crippen LogP contribution in [0.5, 0.6) is 0 Å². The molecule has 114 valence electrons. The van der Waals surface area contributed by atoms with Gasteiger partial charge in [0.05, 0.1) is 4.90 Å². The zero-order valence-electron chi connectivity index (χ0n) is 11.6. The van der Waals surface area contributed by atoms with Gasteiger partial charge < -0.3 is 10.6 Å². The molecule has 1 atom stereocenters. The van der Waals surface area contributed by atoms with E-state index in [0.717, 1.165) is 0 Å². The lowest BCUT2D eigenvalue weighted by Gasteiger charge is -2.11. The number of carbonyl (C=O) groups is 1. The first-order valence-electron chi connectivity index (χ1n) is 5.89. The maximum Gasteiger partial charge on any atom is 0.251 e. The van der Waals surface area contributed by atoms with Gasteiger partial charge >= 0.3 is 0 Å². The largest absolute Gasteiger partial charge is 0.350 e. The van der Waals surface area contributed by atoms with E-state index < -0.39 is 10.0 Å². The summed E-state index contributed by atoms with van der Waals surface area (Å²) in [6, 6.07) is 5.96. The van der Waals surface area contributed by atoms with Gasteiger partial charge in [-0.05, 0) is 45.3 Å². The molecule has 0 aliphatic carbocycles. The number of sulfonamides is 1. The summed E-state index contributed by atoms with van der Waals surface area (Å²) < 4.78 is 25.2. The van der Waals surface area contributed by atoms with Crippen LogP contribution in [-0.2, 0) is 10.0 Å². The van der Waals surface area contributed by atoms with Crippen LogP contribution >= 0.6 is 12.4 Å². The van der Waals surface area contributed by atoms with Gasteiger partial charge in [0.25, 0.3) is 5.91 Å². The third-order valence-corrected chi connectivity index (χ3v) is 4.19. The van der Waals surface area contributed by atoms with Crippen molar-refractivity contribution in [1.29, 1.82) is 0 Å². The molecule has 0 spiro atoms. The zero-order chi connectivity index (χ0) is 14.5. The average Bonchev–Trinajstić information content (AvgIpc) is 2.44. The van der Waals surface area contributed by atoms with E-state index >= 15 is 0 Å². The predicted molar refractivity (Wildman–Crippen MR) is 80.8 cm³/mol. The van der Waals surface area contributed by atoms with Gasteiger partial charge in [-0.25, -0.2) is 13.1 Å². The van der Waals surface area contributed by atoms with Crippen LogP contribution < -0.4 is 15.4 Å². The lowest BCUT2D eigenvalue weighted by molar-refractivity contribution is 0.0950. The summed E-state index contributed by atoms with van der Waals surface area (Å²) in [6.07, 6.45) is 0. The molecule has 0 saturated carbocycles. The van der Waals surface area contributed by atoms with Gasteiger partial charge in [0, 0.05) is 18.2 Å². The van der Waals surface area contributed by atoms with E-state index in [1.165, 1.54) is 31.3 Å². The maximum atomic E-state index is 11.8. The highest BCUT2D eigenvalue weighted by Gasteiger charge is 2.12. The van der Waals surface area contributed by atoms with Crippen LogP contribution in [0.25, 0.3) is 0 Å². The Labute approximate surface area is 125 Å². The minimum absolute atomic E-state index is 0. The normalized spacial score (nSPS) is 12.3. The van der Waals surface area contributed by atoms with Crippen molar-refractivity contribution < 1.29 is 13.2 Å². The van der Waals surface area contributed by atoms with E-state index in [1.807, 2.05) is 14.0 Å². The molecular weight excluding hydrogens is 302 g/mol. The Balaban J connectivity index is 0.00000361. The van der Waals surface area contributed by atoms with Gasteiger partial charge in [-0.2, -0.15) is 0 Å². The molecule has 0 aliphatic rings. The topological polar surface area (TPSA) is 87.3 Å². The van der Waals surface area contributed by atoms with E-state index in [0.29, 0.717) is 12.1 Å². The summed E-state index contributed by atoms with van der Waals surface area (Å²) in [5.41, 5.74) is 0.429. The van der Waals surface area contributed by atoms with Crippen molar-refractivity contribution >= 4 is 28.3 Å². The van der Waals surface area contributed by atoms with Crippen molar-refractivity contribution in [2.24, 2.45) is 0 Å². The maximum absolute atomic E-state index is 11.8. The fourth-order valence-electron chi connectivity index (χ4n) is 1.35. The average molecular weight is 322 g/mol. The van der Waals surface area contributed by atoms with Gasteiger partial charge in [0.1, 0.15) is 0 Å². The second kappa shape index (κ2) is 8.21. The number of hydrogen-bond acceptors (Lipinski definition) is 4. The molecule has 1 amide bonds. The van der Waals surface area contributed by atoms with Crippen molar-refractivity contribution in [2.45, 2.75) is 17.9 Å². The van der Waals surface area contributed by atoms with Gasteiger partial charge in [-0.3, -0.25) is 4.79 Å². The molecule has 3 N–H and O–H groups in total. The molecular formula is C12H20ClN3O3S. The summed E-state index contributed by atoms with van der Waals surface area (Å²) in [6.45, 7) is 2.45. The van der Waals surface area contributed by atoms with Crippen molar-refractivity contribution in [1.82, 2.24) is 15.4 Å². The Hall–Kier alpha value is -1.15.